The summed E-state index contributed by atoms with van der Waals surface area (Å²) >= 11 is 0. The van der Waals surface area contributed by atoms with E-state index < -0.39 is 22.6 Å². The SMILES string of the molecule is COC[C@@H](/C(C)=C\C(=NO)C(N)=O)[N+](=O)[O-]. The molecule has 0 heterocycles. The normalized spacial score (nSPS) is 14.6. The first-order valence-electron chi connectivity index (χ1n) is 4.26. The van der Waals surface area contributed by atoms with Crippen molar-refractivity contribution in [1.29, 1.82) is 0 Å². The van der Waals surface area contributed by atoms with Crippen LogP contribution in [0.5, 0.6) is 0 Å². The minimum Gasteiger partial charge on any atom is -0.410 e. The van der Waals surface area contributed by atoms with E-state index in [-0.39, 0.29) is 12.2 Å². The van der Waals surface area contributed by atoms with Gasteiger partial charge >= 0.3 is 0 Å². The molecule has 0 unspecified atom stereocenters. The molecule has 90 valence electrons. The third kappa shape index (κ3) is 4.05. The Kier molecular flexibility index (Phi) is 5.71. The number of ether oxygens (including phenoxy) is 1. The zero-order valence-electron chi connectivity index (χ0n) is 8.91. The summed E-state index contributed by atoms with van der Waals surface area (Å²) in [5, 5.41) is 21.7. The molecule has 0 aliphatic heterocycles. The van der Waals surface area contributed by atoms with Crippen molar-refractivity contribution in [3.8, 4) is 0 Å². The van der Waals surface area contributed by atoms with E-state index >= 15 is 0 Å². The predicted octanol–water partition coefficient (Wildman–Crippen LogP) is -0.460. The van der Waals surface area contributed by atoms with Crippen LogP contribution in [0.3, 0.4) is 0 Å². The van der Waals surface area contributed by atoms with E-state index in [9.17, 15) is 14.9 Å². The minimum atomic E-state index is -1.11. The van der Waals surface area contributed by atoms with Gasteiger partial charge in [0.15, 0.2) is 5.71 Å². The Bertz CT molecular complexity index is 337. The molecule has 8 heteroatoms. The number of rotatable bonds is 6. The largest absolute Gasteiger partial charge is 0.410 e. The van der Waals surface area contributed by atoms with E-state index in [2.05, 4.69) is 9.89 Å². The summed E-state index contributed by atoms with van der Waals surface area (Å²) in [6.07, 6.45) is 1.05. The van der Waals surface area contributed by atoms with E-state index in [1.807, 2.05) is 0 Å². The van der Waals surface area contributed by atoms with Gasteiger partial charge in [-0.3, -0.25) is 14.9 Å². The van der Waals surface area contributed by atoms with Crippen LogP contribution in [0.25, 0.3) is 0 Å². The molecule has 0 aromatic rings. The highest BCUT2D eigenvalue weighted by Gasteiger charge is 2.23. The van der Waals surface area contributed by atoms with E-state index in [4.69, 9.17) is 10.9 Å². The lowest BCUT2D eigenvalue weighted by Crippen LogP contribution is -2.28. The fraction of sp³-hybridized carbons (Fsp3) is 0.500. The fourth-order valence-electron chi connectivity index (χ4n) is 0.978. The number of nitro groups is 1. The van der Waals surface area contributed by atoms with Crippen LogP contribution in [0.1, 0.15) is 6.92 Å². The molecule has 0 fully saturated rings. The van der Waals surface area contributed by atoms with Crippen molar-refractivity contribution in [1.82, 2.24) is 0 Å². The maximum absolute atomic E-state index is 10.7. The lowest BCUT2D eigenvalue weighted by atomic mass is 10.1. The highest BCUT2D eigenvalue weighted by Crippen LogP contribution is 2.06. The van der Waals surface area contributed by atoms with Crippen LogP contribution >= 0.6 is 0 Å². The van der Waals surface area contributed by atoms with Gasteiger partial charge in [0.1, 0.15) is 6.61 Å². The summed E-state index contributed by atoms with van der Waals surface area (Å²) in [6.45, 7) is 1.27. The maximum Gasteiger partial charge on any atom is 0.270 e. The van der Waals surface area contributed by atoms with Gasteiger partial charge in [-0.15, -0.1) is 0 Å². The second-order valence-corrected chi connectivity index (χ2v) is 2.99. The van der Waals surface area contributed by atoms with Gasteiger partial charge < -0.3 is 15.7 Å². The molecule has 0 rings (SSSR count). The molecular formula is C8H13N3O5. The van der Waals surface area contributed by atoms with Crippen LogP contribution in [0.2, 0.25) is 0 Å². The van der Waals surface area contributed by atoms with Crippen molar-refractivity contribution < 1.29 is 19.7 Å². The van der Waals surface area contributed by atoms with Crippen LogP contribution in [0, 0.1) is 10.1 Å². The van der Waals surface area contributed by atoms with Gasteiger partial charge in [-0.05, 0) is 13.0 Å². The van der Waals surface area contributed by atoms with Crippen LogP contribution in [-0.2, 0) is 9.53 Å². The number of carbonyl (C=O) groups excluding carboxylic acids is 1. The Labute approximate surface area is 91.5 Å². The molecule has 1 amide bonds. The quantitative estimate of drug-likeness (QED) is 0.276. The molecule has 0 aromatic carbocycles. The van der Waals surface area contributed by atoms with Gasteiger partial charge in [0.25, 0.3) is 11.9 Å². The number of hydrogen-bond acceptors (Lipinski definition) is 6. The summed E-state index contributed by atoms with van der Waals surface area (Å²) in [5.74, 6) is -0.971. The molecule has 0 radical (unpaired) electrons. The van der Waals surface area contributed by atoms with E-state index in [0.29, 0.717) is 0 Å². The molecule has 0 aliphatic rings. The molecule has 0 aromatic heterocycles. The maximum atomic E-state index is 10.7. The first-order chi connectivity index (χ1) is 7.43. The number of carbonyl (C=O) groups is 1. The summed E-state index contributed by atoms with van der Waals surface area (Å²) in [4.78, 5) is 20.8. The topological polar surface area (TPSA) is 128 Å². The standard InChI is InChI=1S/C8H13N3O5/c1-5(3-6(10-13)8(9)12)7(4-16-2)11(14)15/h3,7,13H,4H2,1-2H3,(H2,9,12)/b5-3-,10-6?/t7-/m0/s1. The number of primary amides is 1. The van der Waals surface area contributed by atoms with Crippen molar-refractivity contribution >= 4 is 11.6 Å². The molecule has 16 heavy (non-hydrogen) atoms. The zero-order valence-corrected chi connectivity index (χ0v) is 8.91. The molecule has 0 aliphatic carbocycles. The van der Waals surface area contributed by atoms with Gasteiger partial charge in [0, 0.05) is 17.6 Å². The highest BCUT2D eigenvalue weighted by atomic mass is 16.6. The van der Waals surface area contributed by atoms with Crippen molar-refractivity contribution in [3.05, 3.63) is 21.8 Å². The number of hydrogen-bond donors (Lipinski definition) is 2. The highest BCUT2D eigenvalue weighted by molar-refractivity contribution is 6.42. The van der Waals surface area contributed by atoms with Crippen LogP contribution in [0.4, 0.5) is 0 Å². The Morgan fingerprint density at radius 3 is 2.62 bits per heavy atom. The Morgan fingerprint density at radius 2 is 2.31 bits per heavy atom. The monoisotopic (exact) mass is 231 g/mol. The molecule has 0 spiro atoms. The third-order valence-corrected chi connectivity index (χ3v) is 1.83. The van der Waals surface area contributed by atoms with Gasteiger partial charge in [-0.1, -0.05) is 5.16 Å². The molecule has 0 saturated heterocycles. The number of nitrogens with two attached hydrogens (primary N) is 1. The summed E-state index contributed by atoms with van der Waals surface area (Å²) in [7, 11) is 1.32. The first kappa shape index (κ1) is 14.0. The Morgan fingerprint density at radius 1 is 1.75 bits per heavy atom. The predicted molar refractivity (Wildman–Crippen MR) is 54.8 cm³/mol. The molecule has 0 saturated carbocycles. The molecule has 8 nitrogen and oxygen atoms in total. The van der Waals surface area contributed by atoms with Crippen LogP contribution in [-0.4, -0.2) is 41.5 Å². The van der Waals surface area contributed by atoms with E-state index in [1.54, 1.807) is 0 Å². The third-order valence-electron chi connectivity index (χ3n) is 1.83. The molecule has 1 atom stereocenters. The van der Waals surface area contributed by atoms with Gasteiger partial charge in [-0.2, -0.15) is 0 Å². The molecule has 3 N–H and O–H groups in total. The van der Waals surface area contributed by atoms with Crippen molar-refractivity contribution in [2.45, 2.75) is 13.0 Å². The average Bonchev–Trinajstić information content (AvgIpc) is 2.21. The minimum absolute atomic E-state index is 0.146. The van der Waals surface area contributed by atoms with E-state index in [0.717, 1.165) is 6.08 Å². The first-order valence-corrected chi connectivity index (χ1v) is 4.26. The number of oxime groups is 1. The Balaban J connectivity index is 4.98. The van der Waals surface area contributed by atoms with Crippen molar-refractivity contribution in [2.24, 2.45) is 10.9 Å². The zero-order chi connectivity index (χ0) is 12.7. The summed E-state index contributed by atoms with van der Waals surface area (Å²) in [6, 6.07) is -1.11. The van der Waals surface area contributed by atoms with Gasteiger partial charge in [0.05, 0.1) is 0 Å². The van der Waals surface area contributed by atoms with Crippen LogP contribution in [0.15, 0.2) is 16.8 Å². The van der Waals surface area contributed by atoms with Crippen LogP contribution < -0.4 is 5.73 Å². The molecule has 0 bridgehead atoms. The number of methoxy groups -OCH3 is 1. The van der Waals surface area contributed by atoms with Gasteiger partial charge in [-0.25, -0.2) is 0 Å². The number of amides is 1. The average molecular weight is 231 g/mol. The Hall–Kier alpha value is -1.96. The summed E-state index contributed by atoms with van der Waals surface area (Å²) in [5.41, 5.74) is 4.63. The summed E-state index contributed by atoms with van der Waals surface area (Å²) < 4.78 is 4.66. The smallest absolute Gasteiger partial charge is 0.270 e. The second-order valence-electron chi connectivity index (χ2n) is 2.99. The van der Waals surface area contributed by atoms with Crippen molar-refractivity contribution in [3.63, 3.8) is 0 Å². The lowest BCUT2D eigenvalue weighted by molar-refractivity contribution is -0.515. The lowest BCUT2D eigenvalue weighted by Gasteiger charge is -2.08. The number of nitrogens with zero attached hydrogens (tertiary/aromatic N) is 2. The fourth-order valence-corrected chi connectivity index (χ4v) is 0.978. The van der Waals surface area contributed by atoms with Gasteiger partial charge in [0.2, 0.25) is 0 Å². The molecular weight excluding hydrogens is 218 g/mol. The second kappa shape index (κ2) is 6.51. The van der Waals surface area contributed by atoms with Crippen molar-refractivity contribution in [2.75, 3.05) is 13.7 Å². The van der Waals surface area contributed by atoms with E-state index in [1.165, 1.54) is 14.0 Å².